The standard InChI is InChI=1S/C16H14BrN3O3S/c1-20(9-11-5-4-8-22-11)14(21)10-24-16-19-18-15(23-16)12-6-2-3-7-13(12)17/h2-8H,9-10H2,1H3. The lowest BCUT2D eigenvalue weighted by atomic mass is 10.2. The van der Waals surface area contributed by atoms with E-state index in [0.29, 0.717) is 17.7 Å². The molecular weight excluding hydrogens is 394 g/mol. The second-order valence-corrected chi connectivity index (χ2v) is 6.75. The molecule has 0 saturated carbocycles. The third-order valence-electron chi connectivity index (χ3n) is 3.23. The molecule has 8 heteroatoms. The molecular formula is C16H14BrN3O3S. The van der Waals surface area contributed by atoms with Crippen molar-refractivity contribution in [3.63, 3.8) is 0 Å². The molecule has 24 heavy (non-hydrogen) atoms. The van der Waals surface area contributed by atoms with Gasteiger partial charge in [0.2, 0.25) is 11.8 Å². The molecule has 0 bridgehead atoms. The van der Waals surface area contributed by atoms with E-state index in [2.05, 4.69) is 26.1 Å². The summed E-state index contributed by atoms with van der Waals surface area (Å²) in [6.45, 7) is 0.429. The van der Waals surface area contributed by atoms with Gasteiger partial charge in [-0.25, -0.2) is 0 Å². The van der Waals surface area contributed by atoms with Crippen LogP contribution in [0.15, 0.2) is 61.2 Å². The van der Waals surface area contributed by atoms with Crippen LogP contribution in [0.2, 0.25) is 0 Å². The van der Waals surface area contributed by atoms with Crippen LogP contribution < -0.4 is 0 Å². The van der Waals surface area contributed by atoms with Gasteiger partial charge in [0.15, 0.2) is 0 Å². The molecule has 3 aromatic rings. The summed E-state index contributed by atoms with van der Waals surface area (Å²) >= 11 is 4.66. The summed E-state index contributed by atoms with van der Waals surface area (Å²) in [6.07, 6.45) is 1.59. The number of hydrogen-bond acceptors (Lipinski definition) is 6. The Morgan fingerprint density at radius 1 is 1.25 bits per heavy atom. The molecule has 0 unspecified atom stereocenters. The van der Waals surface area contributed by atoms with Gasteiger partial charge in [-0.1, -0.05) is 23.9 Å². The molecule has 1 amide bonds. The molecule has 2 heterocycles. The van der Waals surface area contributed by atoms with Crippen LogP contribution in [0.25, 0.3) is 11.5 Å². The Balaban J connectivity index is 1.57. The number of carbonyl (C=O) groups is 1. The van der Waals surface area contributed by atoms with Crippen molar-refractivity contribution in [2.45, 2.75) is 11.8 Å². The van der Waals surface area contributed by atoms with Crippen LogP contribution in [0.1, 0.15) is 5.76 Å². The van der Waals surface area contributed by atoms with Crippen LogP contribution in [0.5, 0.6) is 0 Å². The number of hydrogen-bond donors (Lipinski definition) is 0. The fourth-order valence-electron chi connectivity index (χ4n) is 1.97. The van der Waals surface area contributed by atoms with E-state index in [1.807, 2.05) is 30.3 Å². The molecule has 0 aliphatic carbocycles. The third-order valence-corrected chi connectivity index (χ3v) is 4.72. The Labute approximate surface area is 151 Å². The summed E-state index contributed by atoms with van der Waals surface area (Å²) < 4.78 is 11.7. The van der Waals surface area contributed by atoms with Crippen molar-refractivity contribution in [1.82, 2.24) is 15.1 Å². The lowest BCUT2D eigenvalue weighted by Crippen LogP contribution is -2.27. The summed E-state index contributed by atoms with van der Waals surface area (Å²) in [4.78, 5) is 13.7. The van der Waals surface area contributed by atoms with Crippen molar-refractivity contribution in [2.75, 3.05) is 12.8 Å². The normalized spacial score (nSPS) is 10.8. The highest BCUT2D eigenvalue weighted by atomic mass is 79.9. The monoisotopic (exact) mass is 407 g/mol. The van der Waals surface area contributed by atoms with E-state index in [1.54, 1.807) is 24.3 Å². The van der Waals surface area contributed by atoms with E-state index < -0.39 is 0 Å². The number of furan rings is 1. The first-order valence-corrected chi connectivity index (χ1v) is 8.89. The molecule has 2 aromatic heterocycles. The maximum atomic E-state index is 12.1. The van der Waals surface area contributed by atoms with Crippen LogP contribution >= 0.6 is 27.7 Å². The molecule has 0 atom stereocenters. The predicted octanol–water partition coefficient (Wildman–Crippen LogP) is 3.84. The average Bonchev–Trinajstić information content (AvgIpc) is 3.24. The first kappa shape index (κ1) is 16.8. The SMILES string of the molecule is CN(Cc1ccco1)C(=O)CSc1nnc(-c2ccccc2Br)o1. The lowest BCUT2D eigenvalue weighted by Gasteiger charge is -2.14. The maximum absolute atomic E-state index is 12.1. The second-order valence-electron chi connectivity index (χ2n) is 4.97. The summed E-state index contributed by atoms with van der Waals surface area (Å²) in [5.74, 6) is 1.33. The Bertz CT molecular complexity index is 820. The zero-order valence-electron chi connectivity index (χ0n) is 12.8. The van der Waals surface area contributed by atoms with Crippen LogP contribution in [-0.2, 0) is 11.3 Å². The topological polar surface area (TPSA) is 72.4 Å². The number of rotatable bonds is 6. The van der Waals surface area contributed by atoms with Gasteiger partial charge in [0.1, 0.15) is 5.76 Å². The van der Waals surface area contributed by atoms with Gasteiger partial charge in [0.05, 0.1) is 24.1 Å². The Kier molecular flexibility index (Phi) is 5.37. The quantitative estimate of drug-likeness (QED) is 0.577. The van der Waals surface area contributed by atoms with Gasteiger partial charge >= 0.3 is 0 Å². The highest BCUT2D eigenvalue weighted by molar-refractivity contribution is 9.10. The first-order chi connectivity index (χ1) is 11.6. The highest BCUT2D eigenvalue weighted by Gasteiger charge is 2.15. The van der Waals surface area contributed by atoms with Gasteiger partial charge in [-0.15, -0.1) is 10.2 Å². The molecule has 0 spiro atoms. The van der Waals surface area contributed by atoms with Gasteiger partial charge in [-0.3, -0.25) is 4.79 Å². The maximum Gasteiger partial charge on any atom is 0.277 e. The second kappa shape index (κ2) is 7.67. The Hall–Kier alpha value is -2.06. The third kappa shape index (κ3) is 4.07. The fraction of sp³-hybridized carbons (Fsp3) is 0.188. The summed E-state index contributed by atoms with van der Waals surface area (Å²) in [7, 11) is 1.73. The Morgan fingerprint density at radius 2 is 2.08 bits per heavy atom. The summed E-state index contributed by atoms with van der Waals surface area (Å²) in [5.41, 5.74) is 0.818. The minimum Gasteiger partial charge on any atom is -0.467 e. The summed E-state index contributed by atoms with van der Waals surface area (Å²) in [5, 5.41) is 8.36. The fourth-order valence-corrected chi connectivity index (χ4v) is 3.13. The van der Waals surface area contributed by atoms with Gasteiger partial charge in [0.25, 0.3) is 5.22 Å². The number of amides is 1. The molecule has 0 radical (unpaired) electrons. The zero-order chi connectivity index (χ0) is 16.9. The minimum absolute atomic E-state index is 0.0444. The number of aromatic nitrogens is 2. The number of thioether (sulfide) groups is 1. The molecule has 0 aliphatic heterocycles. The Morgan fingerprint density at radius 3 is 2.83 bits per heavy atom. The van der Waals surface area contributed by atoms with E-state index in [0.717, 1.165) is 15.8 Å². The summed E-state index contributed by atoms with van der Waals surface area (Å²) in [6, 6.07) is 11.2. The molecule has 0 aliphatic rings. The van der Waals surface area contributed by atoms with Crippen LogP contribution in [0.4, 0.5) is 0 Å². The van der Waals surface area contributed by atoms with E-state index in [4.69, 9.17) is 8.83 Å². The molecule has 0 fully saturated rings. The van der Waals surface area contributed by atoms with E-state index in [-0.39, 0.29) is 11.7 Å². The molecule has 124 valence electrons. The molecule has 6 nitrogen and oxygen atoms in total. The van der Waals surface area contributed by atoms with Crippen molar-refractivity contribution in [3.8, 4) is 11.5 Å². The zero-order valence-corrected chi connectivity index (χ0v) is 15.2. The van der Waals surface area contributed by atoms with E-state index >= 15 is 0 Å². The molecule has 0 N–H and O–H groups in total. The van der Waals surface area contributed by atoms with E-state index in [9.17, 15) is 4.79 Å². The first-order valence-electron chi connectivity index (χ1n) is 7.11. The largest absolute Gasteiger partial charge is 0.467 e. The number of benzene rings is 1. The van der Waals surface area contributed by atoms with Crippen LogP contribution in [0.3, 0.4) is 0 Å². The van der Waals surface area contributed by atoms with Crippen LogP contribution in [0, 0.1) is 0 Å². The van der Waals surface area contributed by atoms with Crippen molar-refractivity contribution < 1.29 is 13.6 Å². The molecule has 0 saturated heterocycles. The van der Waals surface area contributed by atoms with Crippen LogP contribution in [-0.4, -0.2) is 33.8 Å². The van der Waals surface area contributed by atoms with Crippen molar-refractivity contribution in [3.05, 3.63) is 52.9 Å². The van der Waals surface area contributed by atoms with Gasteiger partial charge in [-0.05, 0) is 40.2 Å². The van der Waals surface area contributed by atoms with Crippen molar-refractivity contribution in [1.29, 1.82) is 0 Å². The number of halogens is 1. The van der Waals surface area contributed by atoms with E-state index in [1.165, 1.54) is 11.8 Å². The van der Waals surface area contributed by atoms with Crippen molar-refractivity contribution >= 4 is 33.6 Å². The predicted molar refractivity (Wildman–Crippen MR) is 93.3 cm³/mol. The lowest BCUT2D eigenvalue weighted by molar-refractivity contribution is -0.127. The smallest absolute Gasteiger partial charge is 0.277 e. The number of carbonyl (C=O) groups excluding carboxylic acids is 1. The van der Waals surface area contributed by atoms with Gasteiger partial charge in [-0.2, -0.15) is 0 Å². The minimum atomic E-state index is -0.0444. The highest BCUT2D eigenvalue weighted by Crippen LogP contribution is 2.29. The molecule has 3 rings (SSSR count). The van der Waals surface area contributed by atoms with Crippen molar-refractivity contribution in [2.24, 2.45) is 0 Å². The number of nitrogens with zero attached hydrogens (tertiary/aromatic N) is 3. The van der Waals surface area contributed by atoms with Gasteiger partial charge < -0.3 is 13.7 Å². The molecule has 1 aromatic carbocycles. The average molecular weight is 408 g/mol. The van der Waals surface area contributed by atoms with Gasteiger partial charge in [0, 0.05) is 11.5 Å².